The number of urea groups is 1. The number of amides is 2. The minimum atomic E-state index is -0.738. The fourth-order valence-electron chi connectivity index (χ4n) is 3.63. The van der Waals surface area contributed by atoms with Gasteiger partial charge in [0.1, 0.15) is 0 Å². The van der Waals surface area contributed by atoms with Gasteiger partial charge in [0.05, 0.1) is 5.92 Å². The lowest BCUT2D eigenvalue weighted by atomic mass is 9.86. The van der Waals surface area contributed by atoms with Gasteiger partial charge in [-0.3, -0.25) is 9.69 Å². The first-order valence-electron chi connectivity index (χ1n) is 8.15. The molecule has 6 nitrogen and oxygen atoms in total. The largest absolute Gasteiger partial charge is 0.481 e. The van der Waals surface area contributed by atoms with E-state index in [1.54, 1.807) is 0 Å². The van der Waals surface area contributed by atoms with Crippen molar-refractivity contribution in [2.24, 2.45) is 5.92 Å². The molecule has 2 saturated carbocycles. The van der Waals surface area contributed by atoms with Crippen molar-refractivity contribution in [3.63, 3.8) is 0 Å². The molecule has 118 valence electrons. The molecule has 0 aromatic carbocycles. The second kappa shape index (κ2) is 6.22. The molecule has 0 aromatic heterocycles. The molecule has 3 N–H and O–H groups in total. The molecule has 0 aromatic rings. The van der Waals surface area contributed by atoms with Crippen LogP contribution in [0.15, 0.2) is 0 Å². The standard InChI is InChI=1S/C15H25N3O3/c19-14(20)10-2-1-3-11(8-10)16-15(21)17-12-6-7-18(9-12)13-4-5-13/h10-13H,1-9H2,(H,19,20)(H2,16,17,21). The molecular weight excluding hydrogens is 270 g/mol. The lowest BCUT2D eigenvalue weighted by molar-refractivity contribution is -0.143. The van der Waals surface area contributed by atoms with Crippen molar-refractivity contribution in [1.29, 1.82) is 0 Å². The first kappa shape index (κ1) is 14.6. The van der Waals surface area contributed by atoms with Gasteiger partial charge in [0.2, 0.25) is 0 Å². The molecular formula is C15H25N3O3. The fraction of sp³-hybridized carbons (Fsp3) is 0.867. The van der Waals surface area contributed by atoms with Crippen molar-refractivity contribution in [2.75, 3.05) is 13.1 Å². The molecule has 1 aliphatic heterocycles. The summed E-state index contributed by atoms with van der Waals surface area (Å²) in [6.45, 7) is 2.04. The number of rotatable bonds is 4. The summed E-state index contributed by atoms with van der Waals surface area (Å²) in [4.78, 5) is 25.5. The van der Waals surface area contributed by atoms with Gasteiger partial charge in [-0.1, -0.05) is 6.42 Å². The Hall–Kier alpha value is -1.30. The number of carboxylic acids is 1. The normalized spacial score (nSPS) is 33.6. The topological polar surface area (TPSA) is 81.7 Å². The quantitative estimate of drug-likeness (QED) is 0.727. The Morgan fingerprint density at radius 2 is 1.76 bits per heavy atom. The fourth-order valence-corrected chi connectivity index (χ4v) is 3.63. The monoisotopic (exact) mass is 295 g/mol. The van der Waals surface area contributed by atoms with Gasteiger partial charge in [-0.25, -0.2) is 4.79 Å². The van der Waals surface area contributed by atoms with E-state index in [2.05, 4.69) is 15.5 Å². The van der Waals surface area contributed by atoms with E-state index in [1.165, 1.54) is 12.8 Å². The zero-order valence-electron chi connectivity index (χ0n) is 12.4. The third-order valence-corrected chi connectivity index (χ3v) is 4.98. The molecule has 0 radical (unpaired) electrons. The van der Waals surface area contributed by atoms with Crippen LogP contribution >= 0.6 is 0 Å². The summed E-state index contributed by atoms with van der Waals surface area (Å²) in [5.41, 5.74) is 0. The number of carboxylic acid groups (broad SMARTS) is 1. The summed E-state index contributed by atoms with van der Waals surface area (Å²) in [5.74, 6) is -1.04. The zero-order valence-corrected chi connectivity index (χ0v) is 12.4. The van der Waals surface area contributed by atoms with Crippen LogP contribution in [-0.2, 0) is 4.79 Å². The van der Waals surface area contributed by atoms with E-state index in [-0.39, 0.29) is 24.0 Å². The van der Waals surface area contributed by atoms with Crippen LogP contribution in [0.3, 0.4) is 0 Å². The first-order valence-corrected chi connectivity index (χ1v) is 8.15. The molecule has 3 atom stereocenters. The Bertz CT molecular complexity index is 411. The van der Waals surface area contributed by atoms with Crippen LogP contribution in [0.5, 0.6) is 0 Å². The van der Waals surface area contributed by atoms with Crippen LogP contribution in [0.25, 0.3) is 0 Å². The maximum absolute atomic E-state index is 12.0. The number of aliphatic carboxylic acids is 1. The van der Waals surface area contributed by atoms with Crippen LogP contribution in [0, 0.1) is 5.92 Å². The van der Waals surface area contributed by atoms with Crippen molar-refractivity contribution in [1.82, 2.24) is 15.5 Å². The highest BCUT2D eigenvalue weighted by Crippen LogP contribution is 2.29. The van der Waals surface area contributed by atoms with Gasteiger partial charge in [-0.15, -0.1) is 0 Å². The average Bonchev–Trinajstić information content (AvgIpc) is 3.20. The number of nitrogens with zero attached hydrogens (tertiary/aromatic N) is 1. The van der Waals surface area contributed by atoms with E-state index >= 15 is 0 Å². The van der Waals surface area contributed by atoms with Gasteiger partial charge in [0, 0.05) is 31.2 Å². The maximum Gasteiger partial charge on any atom is 0.315 e. The lowest BCUT2D eigenvalue weighted by Crippen LogP contribution is -2.48. The molecule has 0 bridgehead atoms. The van der Waals surface area contributed by atoms with Crippen molar-refractivity contribution < 1.29 is 14.7 Å². The number of carbonyl (C=O) groups is 2. The molecule has 21 heavy (non-hydrogen) atoms. The highest BCUT2D eigenvalue weighted by atomic mass is 16.4. The van der Waals surface area contributed by atoms with Gasteiger partial charge in [-0.2, -0.15) is 0 Å². The Morgan fingerprint density at radius 3 is 2.48 bits per heavy atom. The summed E-state index contributed by atoms with van der Waals surface area (Å²) in [5, 5.41) is 15.1. The number of likely N-dealkylation sites (tertiary alicyclic amines) is 1. The molecule has 0 spiro atoms. The van der Waals surface area contributed by atoms with Crippen molar-refractivity contribution >= 4 is 12.0 Å². The highest BCUT2D eigenvalue weighted by molar-refractivity contribution is 5.75. The number of carbonyl (C=O) groups excluding carboxylic acids is 1. The molecule has 2 amide bonds. The minimum absolute atomic E-state index is 0.000730. The molecule has 3 aliphatic rings. The Balaban J connectivity index is 1.40. The van der Waals surface area contributed by atoms with Gasteiger partial charge < -0.3 is 15.7 Å². The minimum Gasteiger partial charge on any atom is -0.481 e. The maximum atomic E-state index is 12.0. The third kappa shape index (κ3) is 3.87. The SMILES string of the molecule is O=C(NC1CCCC(C(=O)O)C1)NC1CCN(C2CC2)C1. The molecule has 3 rings (SSSR count). The van der Waals surface area contributed by atoms with Crippen LogP contribution < -0.4 is 10.6 Å². The van der Waals surface area contributed by atoms with E-state index in [1.807, 2.05) is 0 Å². The van der Waals surface area contributed by atoms with E-state index in [9.17, 15) is 9.59 Å². The first-order chi connectivity index (χ1) is 10.1. The van der Waals surface area contributed by atoms with Crippen LogP contribution in [0.4, 0.5) is 4.79 Å². The molecule has 3 fully saturated rings. The molecule has 1 saturated heterocycles. The number of hydrogen-bond donors (Lipinski definition) is 3. The van der Waals surface area contributed by atoms with Crippen LogP contribution in [0.2, 0.25) is 0 Å². The molecule has 1 heterocycles. The summed E-state index contributed by atoms with van der Waals surface area (Å²) in [6, 6.07) is 0.869. The molecule has 3 unspecified atom stereocenters. The molecule has 2 aliphatic carbocycles. The smallest absolute Gasteiger partial charge is 0.315 e. The van der Waals surface area contributed by atoms with Gasteiger partial charge in [-0.05, 0) is 38.5 Å². The predicted octanol–water partition coefficient (Wildman–Crippen LogP) is 1.17. The van der Waals surface area contributed by atoms with Crippen LogP contribution in [-0.4, -0.2) is 53.2 Å². The van der Waals surface area contributed by atoms with Crippen molar-refractivity contribution in [2.45, 2.75) is 63.1 Å². The summed E-state index contributed by atoms with van der Waals surface area (Å²) in [6.07, 6.45) is 6.67. The number of hydrogen-bond acceptors (Lipinski definition) is 3. The summed E-state index contributed by atoms with van der Waals surface area (Å²) in [7, 11) is 0. The number of nitrogens with one attached hydrogen (secondary N) is 2. The Morgan fingerprint density at radius 1 is 1.00 bits per heavy atom. The average molecular weight is 295 g/mol. The van der Waals surface area contributed by atoms with E-state index < -0.39 is 5.97 Å². The summed E-state index contributed by atoms with van der Waals surface area (Å²) < 4.78 is 0. The van der Waals surface area contributed by atoms with Gasteiger partial charge in [0.15, 0.2) is 0 Å². The lowest BCUT2D eigenvalue weighted by Gasteiger charge is -2.28. The second-order valence-electron chi connectivity index (χ2n) is 6.73. The van der Waals surface area contributed by atoms with E-state index in [0.29, 0.717) is 6.42 Å². The third-order valence-electron chi connectivity index (χ3n) is 4.98. The molecule has 6 heteroatoms. The predicted molar refractivity (Wildman–Crippen MR) is 78.0 cm³/mol. The van der Waals surface area contributed by atoms with Gasteiger partial charge in [0.25, 0.3) is 0 Å². The van der Waals surface area contributed by atoms with E-state index in [0.717, 1.165) is 44.8 Å². The second-order valence-corrected chi connectivity index (χ2v) is 6.73. The Labute approximate surface area is 125 Å². The highest BCUT2D eigenvalue weighted by Gasteiger charge is 2.35. The van der Waals surface area contributed by atoms with Crippen LogP contribution in [0.1, 0.15) is 44.9 Å². The van der Waals surface area contributed by atoms with Crippen molar-refractivity contribution in [3.8, 4) is 0 Å². The van der Waals surface area contributed by atoms with Crippen molar-refractivity contribution in [3.05, 3.63) is 0 Å². The van der Waals surface area contributed by atoms with E-state index in [4.69, 9.17) is 5.11 Å². The zero-order chi connectivity index (χ0) is 14.8. The summed E-state index contributed by atoms with van der Waals surface area (Å²) >= 11 is 0. The van der Waals surface area contributed by atoms with Gasteiger partial charge >= 0.3 is 12.0 Å². The Kier molecular flexibility index (Phi) is 4.33.